The zero-order valence-corrected chi connectivity index (χ0v) is 10.8. The van der Waals surface area contributed by atoms with E-state index in [0.29, 0.717) is 24.8 Å². The van der Waals surface area contributed by atoms with Gasteiger partial charge < -0.3 is 15.8 Å². The van der Waals surface area contributed by atoms with Gasteiger partial charge in [-0.3, -0.25) is 4.79 Å². The molecule has 0 aliphatic heterocycles. The highest BCUT2D eigenvalue weighted by Gasteiger charge is 2.15. The van der Waals surface area contributed by atoms with E-state index in [1.54, 1.807) is 0 Å². The predicted octanol–water partition coefficient (Wildman–Crippen LogP) is 2.10. The Morgan fingerprint density at radius 2 is 2.16 bits per heavy atom. The molecular weight excluding hydrogens is 247 g/mol. The number of halogens is 1. The number of hydrogen-bond donors (Lipinski definition) is 2. The third kappa shape index (κ3) is 3.92. The molecule has 1 amide bonds. The van der Waals surface area contributed by atoms with Gasteiger partial charge in [0.25, 0.3) is 5.91 Å². The summed E-state index contributed by atoms with van der Waals surface area (Å²) in [6.07, 6.45) is 5.01. The van der Waals surface area contributed by atoms with Gasteiger partial charge in [0.2, 0.25) is 0 Å². The lowest BCUT2D eigenvalue weighted by Gasteiger charge is -2.12. The average Bonchev–Trinajstić information content (AvgIpc) is 2.87. The molecule has 19 heavy (non-hydrogen) atoms. The molecule has 0 spiro atoms. The minimum Gasteiger partial charge on any atom is -0.398 e. The van der Waals surface area contributed by atoms with Crippen LogP contribution in [-0.4, -0.2) is 25.2 Å². The highest BCUT2D eigenvalue weighted by molar-refractivity contribution is 5.99. The van der Waals surface area contributed by atoms with Crippen LogP contribution < -0.4 is 11.1 Å². The first-order chi connectivity index (χ1) is 9.16. The topological polar surface area (TPSA) is 64.4 Å². The van der Waals surface area contributed by atoms with Gasteiger partial charge in [-0.1, -0.05) is 12.8 Å². The minimum absolute atomic E-state index is 0.147. The zero-order valence-electron chi connectivity index (χ0n) is 10.8. The maximum Gasteiger partial charge on any atom is 0.253 e. The summed E-state index contributed by atoms with van der Waals surface area (Å²) >= 11 is 0. The van der Waals surface area contributed by atoms with Crippen molar-refractivity contribution >= 4 is 11.6 Å². The minimum atomic E-state index is -0.446. The van der Waals surface area contributed by atoms with Crippen LogP contribution in [0.15, 0.2) is 18.2 Å². The Morgan fingerprint density at radius 3 is 2.84 bits per heavy atom. The normalized spacial score (nSPS) is 15.6. The van der Waals surface area contributed by atoms with Crippen molar-refractivity contribution in [1.82, 2.24) is 5.32 Å². The Bertz CT molecular complexity index is 445. The molecule has 1 aromatic carbocycles. The van der Waals surface area contributed by atoms with E-state index >= 15 is 0 Å². The van der Waals surface area contributed by atoms with E-state index in [2.05, 4.69) is 5.32 Å². The standard InChI is InChI=1S/C14H19FN2O2/c15-10-5-6-12(13(16)9-10)14(18)17-7-8-19-11-3-1-2-4-11/h5-6,9,11H,1-4,7-8,16H2,(H,17,18). The summed E-state index contributed by atoms with van der Waals surface area (Å²) in [5.74, 6) is -0.744. The Morgan fingerprint density at radius 1 is 1.42 bits per heavy atom. The van der Waals surface area contributed by atoms with E-state index in [0.717, 1.165) is 18.9 Å². The van der Waals surface area contributed by atoms with Gasteiger partial charge in [0.15, 0.2) is 0 Å². The van der Waals surface area contributed by atoms with Crippen molar-refractivity contribution in [2.24, 2.45) is 0 Å². The molecule has 0 bridgehead atoms. The van der Waals surface area contributed by atoms with E-state index < -0.39 is 5.82 Å². The Labute approximate surface area is 112 Å². The van der Waals surface area contributed by atoms with Gasteiger partial charge in [-0.25, -0.2) is 4.39 Å². The molecule has 2 rings (SSSR count). The number of nitrogen functional groups attached to an aromatic ring is 1. The highest BCUT2D eigenvalue weighted by Crippen LogP contribution is 2.20. The van der Waals surface area contributed by atoms with Crippen LogP contribution in [-0.2, 0) is 4.74 Å². The number of carbonyl (C=O) groups is 1. The van der Waals surface area contributed by atoms with Crippen molar-refractivity contribution in [3.8, 4) is 0 Å². The second-order valence-corrected chi connectivity index (χ2v) is 4.76. The molecule has 0 atom stereocenters. The highest BCUT2D eigenvalue weighted by atomic mass is 19.1. The molecule has 0 radical (unpaired) electrons. The Kier molecular flexibility index (Phi) is 4.74. The van der Waals surface area contributed by atoms with Crippen LogP contribution in [0.3, 0.4) is 0 Å². The van der Waals surface area contributed by atoms with Crippen molar-refractivity contribution in [3.63, 3.8) is 0 Å². The van der Waals surface area contributed by atoms with Gasteiger partial charge >= 0.3 is 0 Å². The van der Waals surface area contributed by atoms with Gasteiger partial charge in [0.1, 0.15) is 5.82 Å². The van der Waals surface area contributed by atoms with E-state index in [4.69, 9.17) is 10.5 Å². The molecule has 0 unspecified atom stereocenters. The Balaban J connectivity index is 1.74. The summed E-state index contributed by atoms with van der Waals surface area (Å²) in [5, 5.41) is 2.72. The van der Waals surface area contributed by atoms with Crippen LogP contribution in [0, 0.1) is 5.82 Å². The molecular formula is C14H19FN2O2. The summed E-state index contributed by atoms with van der Waals surface area (Å²) < 4.78 is 18.5. The van der Waals surface area contributed by atoms with Crippen LogP contribution in [0.25, 0.3) is 0 Å². The fourth-order valence-electron chi connectivity index (χ4n) is 2.28. The zero-order chi connectivity index (χ0) is 13.7. The van der Waals surface area contributed by atoms with Crippen LogP contribution in [0.4, 0.5) is 10.1 Å². The molecule has 1 aliphatic carbocycles. The van der Waals surface area contributed by atoms with Crippen molar-refractivity contribution in [2.45, 2.75) is 31.8 Å². The van der Waals surface area contributed by atoms with Gasteiger partial charge in [-0.15, -0.1) is 0 Å². The van der Waals surface area contributed by atoms with Crippen molar-refractivity contribution in [2.75, 3.05) is 18.9 Å². The largest absolute Gasteiger partial charge is 0.398 e. The first-order valence-electron chi connectivity index (χ1n) is 6.61. The predicted molar refractivity (Wildman–Crippen MR) is 71.4 cm³/mol. The average molecular weight is 266 g/mol. The SMILES string of the molecule is Nc1cc(F)ccc1C(=O)NCCOC1CCCC1. The molecule has 4 nitrogen and oxygen atoms in total. The number of hydrogen-bond acceptors (Lipinski definition) is 3. The van der Waals surface area contributed by atoms with Gasteiger partial charge in [0.05, 0.1) is 18.3 Å². The van der Waals surface area contributed by atoms with Crippen molar-refractivity contribution in [1.29, 1.82) is 0 Å². The molecule has 1 aromatic rings. The third-order valence-electron chi connectivity index (χ3n) is 3.30. The molecule has 0 aromatic heterocycles. The molecule has 1 saturated carbocycles. The number of amides is 1. The number of rotatable bonds is 5. The lowest BCUT2D eigenvalue weighted by Crippen LogP contribution is -2.29. The number of nitrogens with one attached hydrogen (secondary N) is 1. The molecule has 0 heterocycles. The number of nitrogens with two attached hydrogens (primary N) is 1. The quantitative estimate of drug-likeness (QED) is 0.633. The summed E-state index contributed by atoms with van der Waals surface area (Å²) in [6.45, 7) is 0.934. The molecule has 0 saturated heterocycles. The van der Waals surface area contributed by atoms with Crippen molar-refractivity contribution in [3.05, 3.63) is 29.6 Å². The van der Waals surface area contributed by atoms with Gasteiger partial charge in [-0.2, -0.15) is 0 Å². The van der Waals surface area contributed by atoms with Crippen molar-refractivity contribution < 1.29 is 13.9 Å². The Hall–Kier alpha value is -1.62. The summed E-state index contributed by atoms with van der Waals surface area (Å²) in [4.78, 5) is 11.8. The van der Waals surface area contributed by atoms with E-state index in [9.17, 15) is 9.18 Å². The van der Waals surface area contributed by atoms with E-state index in [-0.39, 0.29) is 11.6 Å². The smallest absolute Gasteiger partial charge is 0.253 e. The van der Waals surface area contributed by atoms with Crippen LogP contribution >= 0.6 is 0 Å². The molecule has 104 valence electrons. The number of benzene rings is 1. The molecule has 1 fully saturated rings. The molecule has 3 N–H and O–H groups in total. The first kappa shape index (κ1) is 13.8. The van der Waals surface area contributed by atoms with Gasteiger partial charge in [-0.05, 0) is 31.0 Å². The second kappa shape index (κ2) is 6.52. The fraction of sp³-hybridized carbons (Fsp3) is 0.500. The number of anilines is 1. The maximum absolute atomic E-state index is 12.9. The van der Waals surface area contributed by atoms with Gasteiger partial charge in [0, 0.05) is 12.2 Å². The third-order valence-corrected chi connectivity index (χ3v) is 3.30. The second-order valence-electron chi connectivity index (χ2n) is 4.76. The molecule has 1 aliphatic rings. The maximum atomic E-state index is 12.9. The summed E-state index contributed by atoms with van der Waals surface area (Å²) in [6, 6.07) is 3.75. The monoisotopic (exact) mass is 266 g/mol. The first-order valence-corrected chi connectivity index (χ1v) is 6.61. The molecule has 5 heteroatoms. The fourth-order valence-corrected chi connectivity index (χ4v) is 2.28. The van der Waals surface area contributed by atoms with E-state index in [1.807, 2.05) is 0 Å². The summed E-state index contributed by atoms with van der Waals surface area (Å²) in [7, 11) is 0. The lowest BCUT2D eigenvalue weighted by molar-refractivity contribution is 0.0582. The van der Waals surface area contributed by atoms with Crippen LogP contribution in [0.5, 0.6) is 0 Å². The summed E-state index contributed by atoms with van der Waals surface area (Å²) in [5.41, 5.74) is 6.04. The van der Waals surface area contributed by atoms with Crippen LogP contribution in [0.2, 0.25) is 0 Å². The number of ether oxygens (including phenoxy) is 1. The lowest BCUT2D eigenvalue weighted by atomic mass is 10.1. The number of carbonyl (C=O) groups excluding carboxylic acids is 1. The van der Waals surface area contributed by atoms with Crippen LogP contribution in [0.1, 0.15) is 36.0 Å². The van der Waals surface area contributed by atoms with E-state index in [1.165, 1.54) is 25.0 Å².